The summed E-state index contributed by atoms with van der Waals surface area (Å²) in [6.07, 6.45) is 0. The van der Waals surface area contributed by atoms with Crippen LogP contribution in [0.1, 0.15) is 5.56 Å². The number of hydrogen-bond donors (Lipinski definition) is 1. The number of aryl methyl sites for hydroxylation is 1. The molecule has 6 heteroatoms. The fraction of sp³-hybridized carbons (Fsp3) is 0.316. The van der Waals surface area contributed by atoms with Crippen LogP contribution in [0.5, 0.6) is 0 Å². The van der Waals surface area contributed by atoms with Gasteiger partial charge in [-0.05, 0) is 36.8 Å². The smallest absolute Gasteiger partial charge is 0.408 e. The monoisotopic (exact) mass is 358 g/mol. The Balaban J connectivity index is 1.48. The van der Waals surface area contributed by atoms with Crippen LogP contribution < -0.4 is 15.6 Å². The van der Waals surface area contributed by atoms with Crippen molar-refractivity contribution in [2.75, 3.05) is 31.1 Å². The van der Waals surface area contributed by atoms with Crippen molar-refractivity contribution < 1.29 is 9.32 Å². The zero-order valence-corrected chi connectivity index (χ0v) is 14.9. The van der Waals surface area contributed by atoms with E-state index < -0.39 is 0 Å². The lowest BCUT2D eigenvalue weighted by Gasteiger charge is -2.34. The summed E-state index contributed by atoms with van der Waals surface area (Å²) in [5, 5.41) is 0.770. The number of hydrogen-bond acceptors (Lipinski definition) is 3. The molecule has 0 unspecified atom stereocenters. The van der Waals surface area contributed by atoms with Gasteiger partial charge in [0.25, 0.3) is 0 Å². The van der Waals surface area contributed by atoms with Crippen LogP contribution in [0.4, 0.5) is 5.69 Å². The molecule has 1 aliphatic heterocycles. The number of piperazine rings is 1. The van der Waals surface area contributed by atoms with E-state index in [9.17, 15) is 4.79 Å². The summed E-state index contributed by atoms with van der Waals surface area (Å²) >= 11 is 6.15. The summed E-state index contributed by atoms with van der Waals surface area (Å²) in [6, 6.07) is 13.6. The first-order valence-corrected chi connectivity index (χ1v) is 8.92. The summed E-state index contributed by atoms with van der Waals surface area (Å²) in [7, 11) is 0. The number of rotatable bonds is 3. The average molecular weight is 359 g/mol. The lowest BCUT2D eigenvalue weighted by atomic mass is 10.1. The van der Waals surface area contributed by atoms with Gasteiger partial charge in [0.15, 0.2) is 12.3 Å². The molecule has 2 heterocycles. The van der Waals surface area contributed by atoms with Crippen LogP contribution in [0.3, 0.4) is 0 Å². The molecule has 1 N–H and O–H groups in total. The minimum absolute atomic E-state index is 0.276. The fourth-order valence-corrected chi connectivity index (χ4v) is 3.70. The largest absolute Gasteiger partial charge is 0.424 e. The molecule has 1 aromatic heterocycles. The van der Waals surface area contributed by atoms with Gasteiger partial charge in [0, 0.05) is 10.7 Å². The predicted molar refractivity (Wildman–Crippen MR) is 99.6 cm³/mol. The Kier molecular flexibility index (Phi) is 4.27. The van der Waals surface area contributed by atoms with E-state index in [4.69, 9.17) is 16.0 Å². The van der Waals surface area contributed by atoms with Crippen molar-refractivity contribution in [2.24, 2.45) is 0 Å². The first-order valence-electron chi connectivity index (χ1n) is 8.55. The second-order valence-corrected chi connectivity index (χ2v) is 7.03. The van der Waals surface area contributed by atoms with Gasteiger partial charge in [-0.1, -0.05) is 29.8 Å². The molecule has 0 spiro atoms. The number of nitrogens with zero attached hydrogens (tertiary/aromatic N) is 2. The highest BCUT2D eigenvalue weighted by Gasteiger charge is 2.23. The molecule has 1 fully saturated rings. The van der Waals surface area contributed by atoms with E-state index in [0.717, 1.165) is 36.7 Å². The van der Waals surface area contributed by atoms with Gasteiger partial charge in [-0.25, -0.2) is 9.36 Å². The first-order chi connectivity index (χ1) is 12.1. The molecule has 0 atom stereocenters. The zero-order chi connectivity index (χ0) is 17.4. The number of anilines is 1. The number of halogens is 1. The van der Waals surface area contributed by atoms with Gasteiger partial charge in [0.2, 0.25) is 0 Å². The molecule has 0 bridgehead atoms. The number of benzene rings is 2. The molecule has 1 saturated heterocycles. The van der Waals surface area contributed by atoms with Gasteiger partial charge in [-0.15, -0.1) is 0 Å². The van der Waals surface area contributed by atoms with Crippen LogP contribution in [0.15, 0.2) is 51.7 Å². The Morgan fingerprint density at radius 3 is 2.72 bits per heavy atom. The molecule has 25 heavy (non-hydrogen) atoms. The van der Waals surface area contributed by atoms with Gasteiger partial charge in [0.05, 0.1) is 31.7 Å². The minimum Gasteiger partial charge on any atom is -0.408 e. The Bertz CT molecular complexity index is 955. The van der Waals surface area contributed by atoms with Crippen LogP contribution in [0.2, 0.25) is 5.02 Å². The topological polar surface area (TPSA) is 42.8 Å². The number of para-hydroxylation sites is 2. The maximum Gasteiger partial charge on any atom is 0.424 e. The first kappa shape index (κ1) is 16.2. The molecule has 0 aliphatic carbocycles. The molecule has 2 aromatic carbocycles. The van der Waals surface area contributed by atoms with Crippen molar-refractivity contribution in [3.63, 3.8) is 0 Å². The Morgan fingerprint density at radius 2 is 1.92 bits per heavy atom. The third-order valence-electron chi connectivity index (χ3n) is 4.94. The predicted octanol–water partition coefficient (Wildman–Crippen LogP) is 1.92. The molecule has 0 amide bonds. The molecule has 0 radical (unpaired) electrons. The second-order valence-electron chi connectivity index (χ2n) is 6.59. The van der Waals surface area contributed by atoms with Crippen LogP contribution in [0.25, 0.3) is 11.1 Å². The number of nitrogens with one attached hydrogen (secondary N) is 1. The van der Waals surface area contributed by atoms with E-state index in [1.807, 2.05) is 36.4 Å². The number of fused-ring (bicyclic) bond motifs is 1. The van der Waals surface area contributed by atoms with E-state index >= 15 is 0 Å². The van der Waals surface area contributed by atoms with E-state index in [2.05, 4.69) is 17.9 Å². The maximum atomic E-state index is 12.1. The Labute approximate surface area is 151 Å². The normalized spacial score (nSPS) is 15.8. The minimum atomic E-state index is -0.276. The number of quaternary nitrogens is 1. The van der Waals surface area contributed by atoms with Crippen LogP contribution in [-0.2, 0) is 6.67 Å². The number of oxazole rings is 1. The molecule has 0 saturated carbocycles. The van der Waals surface area contributed by atoms with Gasteiger partial charge < -0.3 is 14.2 Å². The van der Waals surface area contributed by atoms with Crippen LogP contribution in [-0.4, -0.2) is 30.7 Å². The summed E-state index contributed by atoms with van der Waals surface area (Å²) in [6.45, 7) is 6.58. The zero-order valence-electron chi connectivity index (χ0n) is 14.2. The van der Waals surface area contributed by atoms with Crippen molar-refractivity contribution in [3.05, 3.63) is 63.6 Å². The summed E-state index contributed by atoms with van der Waals surface area (Å²) in [4.78, 5) is 15.9. The van der Waals surface area contributed by atoms with Crippen LogP contribution in [0, 0.1) is 6.92 Å². The molecule has 5 nitrogen and oxygen atoms in total. The summed E-state index contributed by atoms with van der Waals surface area (Å²) < 4.78 is 7.07. The van der Waals surface area contributed by atoms with E-state index in [-0.39, 0.29) is 5.76 Å². The lowest BCUT2D eigenvalue weighted by Crippen LogP contribution is -3.14. The molecular weight excluding hydrogens is 338 g/mol. The van der Waals surface area contributed by atoms with Gasteiger partial charge in [0.1, 0.15) is 0 Å². The summed E-state index contributed by atoms with van der Waals surface area (Å²) in [5.41, 5.74) is 3.97. The molecule has 3 aromatic rings. The highest BCUT2D eigenvalue weighted by atomic mass is 35.5. The van der Waals surface area contributed by atoms with Gasteiger partial charge >= 0.3 is 5.76 Å². The summed E-state index contributed by atoms with van der Waals surface area (Å²) in [5.74, 6) is -0.276. The molecular formula is C19H21ClN3O2+. The number of aromatic nitrogens is 1. The highest BCUT2D eigenvalue weighted by molar-refractivity contribution is 6.30. The lowest BCUT2D eigenvalue weighted by molar-refractivity contribution is -0.923. The molecule has 130 valence electrons. The Hall–Kier alpha value is -2.24. The van der Waals surface area contributed by atoms with Crippen molar-refractivity contribution in [2.45, 2.75) is 13.6 Å². The van der Waals surface area contributed by atoms with Gasteiger partial charge in [-0.3, -0.25) is 0 Å². The van der Waals surface area contributed by atoms with E-state index in [0.29, 0.717) is 12.3 Å². The molecule has 1 aliphatic rings. The van der Waals surface area contributed by atoms with Crippen molar-refractivity contribution in [1.29, 1.82) is 0 Å². The van der Waals surface area contributed by atoms with E-state index in [1.165, 1.54) is 16.2 Å². The fourth-order valence-electron chi connectivity index (χ4n) is 3.53. The SMILES string of the molecule is Cc1ccc(Cl)cc1N1CC[NH+](Cn2c(=O)oc3ccccc32)CC1. The average Bonchev–Trinajstić information content (AvgIpc) is 2.93. The maximum absolute atomic E-state index is 12.1. The highest BCUT2D eigenvalue weighted by Crippen LogP contribution is 2.24. The van der Waals surface area contributed by atoms with Crippen molar-refractivity contribution >= 4 is 28.4 Å². The van der Waals surface area contributed by atoms with Crippen molar-refractivity contribution in [3.8, 4) is 0 Å². The van der Waals surface area contributed by atoms with Crippen molar-refractivity contribution in [1.82, 2.24) is 4.57 Å². The Morgan fingerprint density at radius 1 is 1.16 bits per heavy atom. The van der Waals surface area contributed by atoms with Gasteiger partial charge in [-0.2, -0.15) is 0 Å². The van der Waals surface area contributed by atoms with E-state index in [1.54, 1.807) is 4.57 Å². The third-order valence-corrected chi connectivity index (χ3v) is 5.17. The second kappa shape index (κ2) is 6.58. The van der Waals surface area contributed by atoms with Crippen LogP contribution >= 0.6 is 11.6 Å². The quantitative estimate of drug-likeness (QED) is 0.778. The molecule has 4 rings (SSSR count). The standard InChI is InChI=1S/C19H20ClN3O2/c1-14-6-7-15(20)12-17(14)22-10-8-21(9-11-22)13-23-16-4-2-3-5-18(16)25-19(23)24/h2-7,12H,8-11,13H2,1H3/p+1. The third kappa shape index (κ3) is 3.17.